The van der Waals surface area contributed by atoms with Crippen molar-refractivity contribution < 1.29 is 4.79 Å². The van der Waals surface area contributed by atoms with Gasteiger partial charge in [0.15, 0.2) is 0 Å². The fourth-order valence-corrected chi connectivity index (χ4v) is 2.87. The molecular formula is C18H21ClN4O. The van der Waals surface area contributed by atoms with E-state index in [4.69, 9.17) is 11.6 Å². The van der Waals surface area contributed by atoms with Crippen LogP contribution in [0.2, 0.25) is 5.02 Å². The zero-order valence-electron chi connectivity index (χ0n) is 13.7. The maximum Gasteiger partial charge on any atom is 0.272 e. The number of benzene rings is 1. The van der Waals surface area contributed by atoms with Gasteiger partial charge in [0.2, 0.25) is 0 Å². The van der Waals surface area contributed by atoms with Crippen molar-refractivity contribution in [2.45, 2.75) is 6.54 Å². The molecule has 1 fully saturated rings. The molecule has 0 unspecified atom stereocenters. The molecule has 1 saturated heterocycles. The Morgan fingerprint density at radius 2 is 1.96 bits per heavy atom. The third-order valence-electron chi connectivity index (χ3n) is 4.21. The molecule has 1 amide bonds. The minimum atomic E-state index is -0.00973. The summed E-state index contributed by atoms with van der Waals surface area (Å²) < 4.78 is 0. The number of anilines is 1. The molecule has 0 saturated carbocycles. The van der Waals surface area contributed by atoms with Gasteiger partial charge in [-0.2, -0.15) is 0 Å². The smallest absolute Gasteiger partial charge is 0.272 e. The molecule has 6 heteroatoms. The van der Waals surface area contributed by atoms with E-state index in [1.807, 2.05) is 35.2 Å². The van der Waals surface area contributed by atoms with Crippen molar-refractivity contribution in [3.8, 4) is 0 Å². The maximum atomic E-state index is 12.6. The van der Waals surface area contributed by atoms with E-state index >= 15 is 0 Å². The summed E-state index contributed by atoms with van der Waals surface area (Å²) in [5, 5.41) is 4.03. The molecule has 0 bridgehead atoms. The zero-order valence-corrected chi connectivity index (χ0v) is 14.5. The first-order valence-electron chi connectivity index (χ1n) is 8.04. The molecule has 126 valence electrons. The largest absolute Gasteiger partial charge is 0.381 e. The van der Waals surface area contributed by atoms with Gasteiger partial charge < -0.3 is 15.1 Å². The molecule has 2 heterocycles. The monoisotopic (exact) mass is 344 g/mol. The van der Waals surface area contributed by atoms with Crippen molar-refractivity contribution in [3.05, 3.63) is 58.9 Å². The summed E-state index contributed by atoms with van der Waals surface area (Å²) in [6.45, 7) is 3.89. The predicted octanol–water partition coefficient (Wildman–Crippen LogP) is 2.73. The Labute approximate surface area is 147 Å². The number of rotatable bonds is 4. The van der Waals surface area contributed by atoms with Gasteiger partial charge in [-0.05, 0) is 30.8 Å². The Morgan fingerprint density at radius 1 is 1.21 bits per heavy atom. The molecule has 1 aromatic heterocycles. The highest BCUT2D eigenvalue weighted by Crippen LogP contribution is 2.17. The van der Waals surface area contributed by atoms with Crippen molar-refractivity contribution >= 4 is 23.2 Å². The molecule has 5 nitrogen and oxygen atoms in total. The quantitative estimate of drug-likeness (QED) is 0.926. The zero-order chi connectivity index (χ0) is 16.9. The number of amides is 1. The van der Waals surface area contributed by atoms with E-state index in [9.17, 15) is 4.79 Å². The van der Waals surface area contributed by atoms with Crippen LogP contribution in [0.3, 0.4) is 0 Å². The van der Waals surface area contributed by atoms with Crippen molar-refractivity contribution in [2.24, 2.45) is 0 Å². The van der Waals surface area contributed by atoms with Crippen LogP contribution in [-0.2, 0) is 6.54 Å². The highest BCUT2D eigenvalue weighted by atomic mass is 35.5. The first-order chi connectivity index (χ1) is 11.6. The molecule has 1 N–H and O–H groups in total. The molecule has 2 aromatic rings. The van der Waals surface area contributed by atoms with Crippen LogP contribution in [0.4, 0.5) is 5.69 Å². The number of carbonyl (C=O) groups excluding carboxylic acids is 1. The molecule has 0 spiro atoms. The van der Waals surface area contributed by atoms with Gasteiger partial charge in [-0.3, -0.25) is 9.78 Å². The maximum absolute atomic E-state index is 12.6. The minimum Gasteiger partial charge on any atom is -0.381 e. The number of halogens is 1. The number of likely N-dealkylation sites (N-methyl/N-ethyl adjacent to an activating group) is 1. The lowest BCUT2D eigenvalue weighted by Gasteiger charge is -2.32. The molecule has 1 aromatic carbocycles. The Bertz CT molecular complexity index is 714. The van der Waals surface area contributed by atoms with Crippen LogP contribution in [-0.4, -0.2) is 53.9 Å². The fraction of sp³-hybridized carbons (Fsp3) is 0.333. The summed E-state index contributed by atoms with van der Waals surface area (Å²) in [5.74, 6) is -0.00973. The Balaban J connectivity index is 1.65. The number of aromatic nitrogens is 1. The van der Waals surface area contributed by atoms with Crippen LogP contribution in [0.15, 0.2) is 42.6 Å². The highest BCUT2D eigenvalue weighted by molar-refractivity contribution is 6.31. The van der Waals surface area contributed by atoms with Crippen LogP contribution < -0.4 is 5.32 Å². The summed E-state index contributed by atoms with van der Waals surface area (Å²) in [6.07, 6.45) is 1.66. The fourth-order valence-electron chi connectivity index (χ4n) is 2.67. The average Bonchev–Trinajstić information content (AvgIpc) is 2.61. The Kier molecular flexibility index (Phi) is 5.33. The second-order valence-electron chi connectivity index (χ2n) is 5.97. The second kappa shape index (κ2) is 7.64. The van der Waals surface area contributed by atoms with Gasteiger partial charge in [-0.25, -0.2) is 0 Å². The third kappa shape index (κ3) is 4.04. The van der Waals surface area contributed by atoms with E-state index in [1.54, 1.807) is 12.3 Å². The second-order valence-corrected chi connectivity index (χ2v) is 6.38. The van der Waals surface area contributed by atoms with Crippen molar-refractivity contribution in [3.63, 3.8) is 0 Å². The van der Waals surface area contributed by atoms with Crippen molar-refractivity contribution in [1.82, 2.24) is 14.8 Å². The van der Waals surface area contributed by atoms with Crippen LogP contribution in [0.5, 0.6) is 0 Å². The molecular weight excluding hydrogens is 324 g/mol. The normalized spacial score (nSPS) is 15.3. The number of carbonyl (C=O) groups is 1. The number of nitrogens with zero attached hydrogens (tertiary/aromatic N) is 3. The number of piperazine rings is 1. The third-order valence-corrected chi connectivity index (χ3v) is 4.58. The van der Waals surface area contributed by atoms with Gasteiger partial charge in [0.05, 0.1) is 0 Å². The minimum absolute atomic E-state index is 0.00973. The summed E-state index contributed by atoms with van der Waals surface area (Å²) in [4.78, 5) is 20.9. The summed E-state index contributed by atoms with van der Waals surface area (Å²) in [6, 6.07) is 11.4. The molecule has 0 radical (unpaired) electrons. The standard InChI is InChI=1S/C18H21ClN4O/c1-22-8-10-23(11-9-22)18(24)17-12-15(6-7-20-17)21-13-14-4-2-3-5-16(14)19/h2-7,12H,8-11,13H2,1H3,(H,20,21). The number of nitrogens with one attached hydrogen (secondary N) is 1. The number of hydrogen-bond donors (Lipinski definition) is 1. The van der Waals surface area contributed by atoms with Crippen LogP contribution in [0.25, 0.3) is 0 Å². The van der Waals surface area contributed by atoms with Gasteiger partial charge >= 0.3 is 0 Å². The lowest BCUT2D eigenvalue weighted by molar-refractivity contribution is 0.0658. The molecule has 3 rings (SSSR count). The Morgan fingerprint density at radius 3 is 2.71 bits per heavy atom. The topological polar surface area (TPSA) is 48.5 Å². The van der Waals surface area contributed by atoms with Gasteiger partial charge in [-0.1, -0.05) is 29.8 Å². The Hall–Kier alpha value is -2.11. The van der Waals surface area contributed by atoms with Gasteiger partial charge in [0.25, 0.3) is 5.91 Å². The number of pyridine rings is 1. The highest BCUT2D eigenvalue weighted by Gasteiger charge is 2.21. The van der Waals surface area contributed by atoms with Crippen LogP contribution in [0, 0.1) is 0 Å². The van der Waals surface area contributed by atoms with E-state index in [0.29, 0.717) is 12.2 Å². The molecule has 1 aliphatic heterocycles. The summed E-state index contributed by atoms with van der Waals surface area (Å²) >= 11 is 6.17. The van der Waals surface area contributed by atoms with Gasteiger partial charge in [0.1, 0.15) is 5.69 Å². The first kappa shape index (κ1) is 16.7. The number of hydrogen-bond acceptors (Lipinski definition) is 4. The average molecular weight is 345 g/mol. The predicted molar refractivity (Wildman–Crippen MR) is 96.4 cm³/mol. The summed E-state index contributed by atoms with van der Waals surface area (Å²) in [7, 11) is 2.07. The van der Waals surface area contributed by atoms with E-state index in [0.717, 1.165) is 42.5 Å². The SMILES string of the molecule is CN1CCN(C(=O)c2cc(NCc3ccccc3Cl)ccn2)CC1. The molecule has 0 atom stereocenters. The van der Waals surface area contributed by atoms with Crippen LogP contribution in [0.1, 0.15) is 16.1 Å². The lowest BCUT2D eigenvalue weighted by Crippen LogP contribution is -2.47. The first-order valence-corrected chi connectivity index (χ1v) is 8.42. The van der Waals surface area contributed by atoms with E-state index in [-0.39, 0.29) is 5.91 Å². The van der Waals surface area contributed by atoms with Gasteiger partial charge in [-0.15, -0.1) is 0 Å². The van der Waals surface area contributed by atoms with Crippen molar-refractivity contribution in [1.29, 1.82) is 0 Å². The molecule has 0 aliphatic carbocycles. The molecule has 1 aliphatic rings. The van der Waals surface area contributed by atoms with Crippen LogP contribution >= 0.6 is 11.6 Å². The lowest BCUT2D eigenvalue weighted by atomic mass is 10.2. The molecule has 24 heavy (non-hydrogen) atoms. The van der Waals surface area contributed by atoms with E-state index in [2.05, 4.69) is 22.2 Å². The van der Waals surface area contributed by atoms with Gasteiger partial charge in [0, 0.05) is 49.6 Å². The van der Waals surface area contributed by atoms with E-state index in [1.165, 1.54) is 0 Å². The summed E-state index contributed by atoms with van der Waals surface area (Å²) in [5.41, 5.74) is 2.36. The van der Waals surface area contributed by atoms with E-state index < -0.39 is 0 Å². The van der Waals surface area contributed by atoms with Crippen molar-refractivity contribution in [2.75, 3.05) is 38.5 Å².